The molecule has 1 aromatic rings. The van der Waals surface area contributed by atoms with E-state index < -0.39 is 0 Å². The summed E-state index contributed by atoms with van der Waals surface area (Å²) >= 11 is 0. The smallest absolute Gasteiger partial charge is 0.0406 e. The van der Waals surface area contributed by atoms with Crippen LogP contribution in [0.25, 0.3) is 0 Å². The average molecular weight is 213 g/mol. The van der Waals surface area contributed by atoms with Crippen molar-refractivity contribution in [3.63, 3.8) is 0 Å². The van der Waals surface area contributed by atoms with E-state index in [4.69, 9.17) is 0 Å². The third-order valence-electron chi connectivity index (χ3n) is 3.19. The molecule has 0 spiro atoms. The molecule has 84 valence electrons. The first kappa shape index (κ1) is 11.2. The molecule has 0 saturated heterocycles. The first-order valence-electron chi connectivity index (χ1n) is 6.22. The number of pyridine rings is 1. The van der Waals surface area contributed by atoms with Crippen molar-refractivity contribution in [2.45, 2.75) is 45.4 Å². The van der Waals surface area contributed by atoms with Gasteiger partial charge in [-0.15, -0.1) is 11.8 Å². The minimum Gasteiger partial charge on any atom is -0.261 e. The van der Waals surface area contributed by atoms with Crippen LogP contribution in [-0.2, 0) is 6.42 Å². The largest absolute Gasteiger partial charge is 0.261 e. The maximum absolute atomic E-state index is 4.49. The molecule has 0 aromatic carbocycles. The van der Waals surface area contributed by atoms with Gasteiger partial charge in [-0.1, -0.05) is 6.07 Å². The second-order valence-electron chi connectivity index (χ2n) is 4.68. The van der Waals surface area contributed by atoms with Crippen LogP contribution in [0.1, 0.15) is 43.4 Å². The molecule has 1 unspecified atom stereocenters. The lowest BCUT2D eigenvalue weighted by atomic mass is 9.90. The zero-order chi connectivity index (χ0) is 11.2. The molecule has 2 rings (SSSR count). The first-order chi connectivity index (χ1) is 7.84. The zero-order valence-electron chi connectivity index (χ0n) is 10.00. The van der Waals surface area contributed by atoms with Gasteiger partial charge in [0.2, 0.25) is 0 Å². The molecule has 1 heterocycles. The molecular formula is C15H19N. The van der Waals surface area contributed by atoms with Crippen molar-refractivity contribution in [1.82, 2.24) is 4.98 Å². The summed E-state index contributed by atoms with van der Waals surface area (Å²) in [5.41, 5.74) is 2.48. The van der Waals surface area contributed by atoms with Crippen LogP contribution < -0.4 is 0 Å². The fraction of sp³-hybridized carbons (Fsp3) is 0.533. The monoisotopic (exact) mass is 213 g/mol. The van der Waals surface area contributed by atoms with Crippen molar-refractivity contribution in [1.29, 1.82) is 0 Å². The molecule has 0 amide bonds. The van der Waals surface area contributed by atoms with E-state index in [0.717, 1.165) is 25.2 Å². The third kappa shape index (κ3) is 3.38. The fourth-order valence-corrected chi connectivity index (χ4v) is 2.20. The summed E-state index contributed by atoms with van der Waals surface area (Å²) in [5.74, 6) is 7.24. The Morgan fingerprint density at radius 3 is 2.94 bits per heavy atom. The summed E-state index contributed by atoms with van der Waals surface area (Å²) in [6.45, 7) is 2.09. The minimum absolute atomic E-state index is 0.782. The van der Waals surface area contributed by atoms with E-state index >= 15 is 0 Å². The van der Waals surface area contributed by atoms with E-state index in [1.807, 2.05) is 6.20 Å². The predicted molar refractivity (Wildman–Crippen MR) is 67.0 cm³/mol. The molecule has 0 saturated carbocycles. The highest BCUT2D eigenvalue weighted by molar-refractivity contribution is 5.13. The van der Waals surface area contributed by atoms with E-state index in [2.05, 4.69) is 35.9 Å². The summed E-state index contributed by atoms with van der Waals surface area (Å²) < 4.78 is 0. The molecule has 1 aliphatic carbocycles. The van der Waals surface area contributed by atoms with Gasteiger partial charge in [0.25, 0.3) is 0 Å². The van der Waals surface area contributed by atoms with Gasteiger partial charge in [-0.3, -0.25) is 4.98 Å². The molecular weight excluding hydrogens is 194 g/mol. The molecule has 1 nitrogen and oxygen atoms in total. The van der Waals surface area contributed by atoms with Crippen LogP contribution in [0.3, 0.4) is 0 Å². The Kier molecular flexibility index (Phi) is 3.99. The standard InChI is InChI=1S/C15H19N/c1-13-9-10-15(16-12-13)11-14-7-5-3-2-4-6-8-14/h9-10,12,14H,3,5-8,11H2,1H3. The number of aryl methyl sites for hydroxylation is 1. The van der Waals surface area contributed by atoms with Gasteiger partial charge >= 0.3 is 0 Å². The number of hydrogen-bond acceptors (Lipinski definition) is 1. The molecule has 0 radical (unpaired) electrons. The SMILES string of the molecule is Cc1ccc(CC2CCC#CCCC2)nc1. The van der Waals surface area contributed by atoms with Crippen LogP contribution in [0.15, 0.2) is 18.3 Å². The summed E-state index contributed by atoms with van der Waals surface area (Å²) in [6.07, 6.45) is 9.05. The Hall–Kier alpha value is -1.29. The lowest BCUT2D eigenvalue weighted by Crippen LogP contribution is -2.07. The Balaban J connectivity index is 1.93. The van der Waals surface area contributed by atoms with Crippen LogP contribution in [0.4, 0.5) is 0 Å². The van der Waals surface area contributed by atoms with E-state index in [0.29, 0.717) is 0 Å². The highest BCUT2D eigenvalue weighted by atomic mass is 14.7. The molecule has 1 aromatic heterocycles. The lowest BCUT2D eigenvalue weighted by Gasteiger charge is -2.15. The predicted octanol–water partition coefficient (Wildman–Crippen LogP) is 3.52. The average Bonchev–Trinajstić information content (AvgIpc) is 2.25. The van der Waals surface area contributed by atoms with Gasteiger partial charge in [-0.25, -0.2) is 0 Å². The van der Waals surface area contributed by atoms with E-state index in [-0.39, 0.29) is 0 Å². The molecule has 16 heavy (non-hydrogen) atoms. The maximum Gasteiger partial charge on any atom is 0.0406 e. The Morgan fingerprint density at radius 2 is 2.12 bits per heavy atom. The van der Waals surface area contributed by atoms with Crippen molar-refractivity contribution in [3.8, 4) is 11.8 Å². The number of aromatic nitrogens is 1. The highest BCUT2D eigenvalue weighted by Crippen LogP contribution is 2.20. The Labute approximate surface area is 98.3 Å². The fourth-order valence-electron chi connectivity index (χ4n) is 2.20. The third-order valence-corrected chi connectivity index (χ3v) is 3.19. The molecule has 1 aliphatic rings. The highest BCUT2D eigenvalue weighted by Gasteiger charge is 2.10. The van der Waals surface area contributed by atoms with Gasteiger partial charge < -0.3 is 0 Å². The Bertz CT molecular complexity index is 380. The van der Waals surface area contributed by atoms with Crippen LogP contribution in [0.5, 0.6) is 0 Å². The number of hydrogen-bond donors (Lipinski definition) is 0. The zero-order valence-corrected chi connectivity index (χ0v) is 10.00. The number of rotatable bonds is 2. The van der Waals surface area contributed by atoms with Crippen molar-refractivity contribution in [2.24, 2.45) is 5.92 Å². The summed E-state index contributed by atoms with van der Waals surface area (Å²) in [6, 6.07) is 4.32. The molecule has 0 bridgehead atoms. The molecule has 0 aliphatic heterocycles. The second kappa shape index (κ2) is 5.70. The van der Waals surface area contributed by atoms with Crippen molar-refractivity contribution in [3.05, 3.63) is 29.6 Å². The van der Waals surface area contributed by atoms with Crippen molar-refractivity contribution >= 4 is 0 Å². The van der Waals surface area contributed by atoms with Gasteiger partial charge in [0.05, 0.1) is 0 Å². The number of nitrogens with zero attached hydrogens (tertiary/aromatic N) is 1. The minimum atomic E-state index is 0.782. The maximum atomic E-state index is 4.49. The molecule has 0 fully saturated rings. The normalized spacial score (nSPS) is 20.4. The molecule has 1 atom stereocenters. The van der Waals surface area contributed by atoms with Crippen molar-refractivity contribution in [2.75, 3.05) is 0 Å². The Morgan fingerprint density at radius 1 is 1.25 bits per heavy atom. The van der Waals surface area contributed by atoms with Crippen LogP contribution in [0, 0.1) is 24.7 Å². The van der Waals surface area contributed by atoms with Gasteiger partial charge in [-0.05, 0) is 50.2 Å². The van der Waals surface area contributed by atoms with Gasteiger partial charge in [0, 0.05) is 24.7 Å². The van der Waals surface area contributed by atoms with Crippen LogP contribution in [0.2, 0.25) is 0 Å². The summed E-state index contributed by atoms with van der Waals surface area (Å²) in [4.78, 5) is 4.49. The van der Waals surface area contributed by atoms with Crippen LogP contribution in [-0.4, -0.2) is 4.98 Å². The van der Waals surface area contributed by atoms with Gasteiger partial charge in [0.15, 0.2) is 0 Å². The summed E-state index contributed by atoms with van der Waals surface area (Å²) in [7, 11) is 0. The van der Waals surface area contributed by atoms with Gasteiger partial charge in [0.1, 0.15) is 0 Å². The first-order valence-corrected chi connectivity index (χ1v) is 6.22. The topological polar surface area (TPSA) is 12.9 Å². The quantitative estimate of drug-likeness (QED) is 0.685. The van der Waals surface area contributed by atoms with Gasteiger partial charge in [-0.2, -0.15) is 0 Å². The second-order valence-corrected chi connectivity index (χ2v) is 4.68. The van der Waals surface area contributed by atoms with E-state index in [1.54, 1.807) is 0 Å². The molecule has 1 heteroatoms. The van der Waals surface area contributed by atoms with Crippen molar-refractivity contribution < 1.29 is 0 Å². The van der Waals surface area contributed by atoms with E-state index in [1.165, 1.54) is 30.5 Å². The van der Waals surface area contributed by atoms with E-state index in [9.17, 15) is 0 Å². The molecule has 0 N–H and O–H groups in total. The lowest BCUT2D eigenvalue weighted by molar-refractivity contribution is 0.435. The summed E-state index contributed by atoms with van der Waals surface area (Å²) in [5, 5.41) is 0. The van der Waals surface area contributed by atoms with Crippen LogP contribution >= 0.6 is 0 Å².